The molecule has 0 aliphatic carbocycles. The summed E-state index contributed by atoms with van der Waals surface area (Å²) in [6.45, 7) is 6.22. The van der Waals surface area contributed by atoms with Crippen molar-refractivity contribution in [2.24, 2.45) is 0 Å². The van der Waals surface area contributed by atoms with E-state index in [1.165, 1.54) is 0 Å². The number of hydrogen-bond donors (Lipinski definition) is 2. The van der Waals surface area contributed by atoms with Crippen LogP contribution >= 0.6 is 0 Å². The average Bonchev–Trinajstić information content (AvgIpc) is 2.87. The second-order valence-corrected chi connectivity index (χ2v) is 8.82. The summed E-state index contributed by atoms with van der Waals surface area (Å²) in [4.78, 5) is 24.5. The molecule has 176 valence electrons. The van der Waals surface area contributed by atoms with Gasteiger partial charge in [-0.1, -0.05) is 93.6 Å². The Balaban J connectivity index is 2.27. The third-order valence-corrected chi connectivity index (χ3v) is 6.35. The summed E-state index contributed by atoms with van der Waals surface area (Å²) in [5, 5.41) is 20.1. The van der Waals surface area contributed by atoms with Crippen LogP contribution in [0.1, 0.15) is 58.5 Å². The van der Waals surface area contributed by atoms with Crippen LogP contribution in [0.4, 0.5) is 0 Å². The minimum atomic E-state index is -1.02. The molecule has 0 saturated heterocycles. The molecule has 4 nitrogen and oxygen atoms in total. The minimum absolute atomic E-state index is 0.0451. The Labute approximate surface area is 205 Å². The first kappa shape index (κ1) is 24.0. The third kappa shape index (κ3) is 4.47. The highest BCUT2D eigenvalue weighted by Crippen LogP contribution is 2.47. The molecule has 0 atom stereocenters. The van der Waals surface area contributed by atoms with E-state index < -0.39 is 11.9 Å². The molecule has 0 aliphatic rings. The van der Waals surface area contributed by atoms with Crippen molar-refractivity contribution in [1.29, 1.82) is 0 Å². The molecule has 4 rings (SSSR count). The highest BCUT2D eigenvalue weighted by atomic mass is 16.4. The van der Waals surface area contributed by atoms with Crippen molar-refractivity contribution in [1.82, 2.24) is 0 Å². The molecule has 0 aromatic heterocycles. The summed E-state index contributed by atoms with van der Waals surface area (Å²) in [7, 11) is 0. The van der Waals surface area contributed by atoms with Crippen molar-refractivity contribution in [2.45, 2.75) is 33.1 Å². The molecule has 0 saturated carbocycles. The minimum Gasteiger partial charge on any atom is -0.478 e. The van der Waals surface area contributed by atoms with Gasteiger partial charge < -0.3 is 10.2 Å². The average molecular weight is 465 g/mol. The molecule has 35 heavy (non-hydrogen) atoms. The van der Waals surface area contributed by atoms with Crippen molar-refractivity contribution in [3.63, 3.8) is 0 Å². The Kier molecular flexibility index (Phi) is 6.83. The number of aromatic carboxylic acids is 2. The van der Waals surface area contributed by atoms with Gasteiger partial charge in [-0.3, -0.25) is 0 Å². The maximum absolute atomic E-state index is 12.3. The van der Waals surface area contributed by atoms with Crippen LogP contribution in [-0.2, 0) is 6.42 Å². The number of carbonyl (C=O) groups is 2. The molecule has 0 radical (unpaired) electrons. The molecule has 2 N–H and O–H groups in total. The fourth-order valence-electron chi connectivity index (χ4n) is 4.85. The smallest absolute Gasteiger partial charge is 0.336 e. The van der Waals surface area contributed by atoms with E-state index in [2.05, 4.69) is 32.0 Å². The lowest BCUT2D eigenvalue weighted by Gasteiger charge is -2.26. The maximum atomic E-state index is 12.3. The largest absolute Gasteiger partial charge is 0.478 e. The van der Waals surface area contributed by atoms with Crippen LogP contribution in [0.2, 0.25) is 0 Å². The van der Waals surface area contributed by atoms with Gasteiger partial charge in [0.15, 0.2) is 0 Å². The highest BCUT2D eigenvalue weighted by molar-refractivity contribution is 6.05. The van der Waals surface area contributed by atoms with Crippen molar-refractivity contribution in [2.75, 3.05) is 0 Å². The van der Waals surface area contributed by atoms with E-state index >= 15 is 0 Å². The monoisotopic (exact) mass is 464 g/mol. The van der Waals surface area contributed by atoms with E-state index in [9.17, 15) is 19.8 Å². The summed E-state index contributed by atoms with van der Waals surface area (Å²) in [5.74, 6) is -1.99. The van der Waals surface area contributed by atoms with Gasteiger partial charge in [-0.25, -0.2) is 9.59 Å². The predicted octanol–water partition coefficient (Wildman–Crippen LogP) is 7.77. The molecule has 4 aromatic carbocycles. The Hall–Kier alpha value is -4.18. The van der Waals surface area contributed by atoms with Crippen molar-refractivity contribution in [3.8, 4) is 33.4 Å². The maximum Gasteiger partial charge on any atom is 0.336 e. The Bertz CT molecular complexity index is 1400. The van der Waals surface area contributed by atoms with Gasteiger partial charge in [-0.2, -0.15) is 0 Å². The molecule has 0 spiro atoms. The topological polar surface area (TPSA) is 74.6 Å². The van der Waals surface area contributed by atoms with Crippen LogP contribution in [0.25, 0.3) is 33.4 Å². The number of carboxylic acid groups (broad SMARTS) is 2. The standard InChI is InChI=1S/C31H28O4/c1-4-20-18-26(21-12-6-5-7-13-21)27(19(2)3)29(23-15-9-11-17-25(23)31(34)35)28(20)22-14-8-10-16-24(22)30(32)33/h5-19H,4H2,1-3H3,(H,32,33)(H,34,35). The number of hydrogen-bond acceptors (Lipinski definition) is 2. The molecule has 4 heteroatoms. The van der Waals surface area contributed by atoms with Gasteiger partial charge in [0.2, 0.25) is 0 Å². The van der Waals surface area contributed by atoms with Crippen molar-refractivity contribution in [3.05, 3.63) is 107 Å². The number of aryl methyl sites for hydroxylation is 1. The molecule has 0 aliphatic heterocycles. The number of carboxylic acids is 2. The molecular weight excluding hydrogens is 436 g/mol. The lowest BCUT2D eigenvalue weighted by atomic mass is 9.77. The molecule has 0 heterocycles. The molecule has 0 fully saturated rings. The number of rotatable bonds is 7. The zero-order valence-electron chi connectivity index (χ0n) is 20.1. The SMILES string of the molecule is CCc1cc(-c2ccccc2)c(C(C)C)c(-c2ccccc2C(=O)O)c1-c1ccccc1C(=O)O. The first-order chi connectivity index (χ1) is 16.8. The van der Waals surface area contributed by atoms with Crippen LogP contribution in [0.3, 0.4) is 0 Å². The van der Waals surface area contributed by atoms with E-state index in [0.29, 0.717) is 17.5 Å². The van der Waals surface area contributed by atoms with E-state index in [0.717, 1.165) is 33.4 Å². The summed E-state index contributed by atoms with van der Waals surface area (Å²) in [6, 6.07) is 26.1. The number of benzene rings is 4. The first-order valence-corrected chi connectivity index (χ1v) is 11.8. The van der Waals surface area contributed by atoms with Crippen LogP contribution in [0, 0.1) is 0 Å². The van der Waals surface area contributed by atoms with Gasteiger partial charge >= 0.3 is 11.9 Å². The van der Waals surface area contributed by atoms with Gasteiger partial charge in [-0.05, 0) is 69.0 Å². The lowest BCUT2D eigenvalue weighted by Crippen LogP contribution is -2.08. The van der Waals surface area contributed by atoms with Gasteiger partial charge in [-0.15, -0.1) is 0 Å². The second kappa shape index (κ2) is 9.98. The van der Waals surface area contributed by atoms with E-state index in [4.69, 9.17) is 0 Å². The van der Waals surface area contributed by atoms with Crippen molar-refractivity contribution < 1.29 is 19.8 Å². The van der Waals surface area contributed by atoms with Gasteiger partial charge in [0.05, 0.1) is 11.1 Å². The molecular formula is C31H28O4. The van der Waals surface area contributed by atoms with Crippen LogP contribution in [-0.4, -0.2) is 22.2 Å². The third-order valence-electron chi connectivity index (χ3n) is 6.35. The summed E-state index contributed by atoms with van der Waals surface area (Å²) in [6.07, 6.45) is 0.656. The van der Waals surface area contributed by atoms with Gasteiger partial charge in [0.1, 0.15) is 0 Å². The highest BCUT2D eigenvalue weighted by Gasteiger charge is 2.27. The van der Waals surface area contributed by atoms with Crippen LogP contribution in [0.5, 0.6) is 0 Å². The first-order valence-electron chi connectivity index (χ1n) is 11.8. The van der Waals surface area contributed by atoms with Gasteiger partial charge in [0.25, 0.3) is 0 Å². The second-order valence-electron chi connectivity index (χ2n) is 8.82. The lowest BCUT2D eigenvalue weighted by molar-refractivity contribution is 0.0686. The Morgan fingerprint density at radius 1 is 0.686 bits per heavy atom. The van der Waals surface area contributed by atoms with Gasteiger partial charge in [0, 0.05) is 0 Å². The zero-order chi connectivity index (χ0) is 25.1. The predicted molar refractivity (Wildman–Crippen MR) is 140 cm³/mol. The van der Waals surface area contributed by atoms with E-state index in [1.54, 1.807) is 24.3 Å². The molecule has 0 unspecified atom stereocenters. The zero-order valence-corrected chi connectivity index (χ0v) is 20.1. The molecule has 0 amide bonds. The van der Waals surface area contributed by atoms with E-state index in [-0.39, 0.29) is 17.0 Å². The summed E-state index contributed by atoms with van der Waals surface area (Å²) >= 11 is 0. The molecule has 4 aromatic rings. The fraction of sp³-hybridized carbons (Fsp3) is 0.161. The normalized spacial score (nSPS) is 11.0. The summed E-state index contributed by atoms with van der Waals surface area (Å²) in [5.41, 5.74) is 7.17. The van der Waals surface area contributed by atoms with Crippen molar-refractivity contribution >= 4 is 11.9 Å². The van der Waals surface area contributed by atoms with Crippen LogP contribution < -0.4 is 0 Å². The molecule has 0 bridgehead atoms. The summed E-state index contributed by atoms with van der Waals surface area (Å²) < 4.78 is 0. The Morgan fingerprint density at radius 2 is 1.17 bits per heavy atom. The van der Waals surface area contributed by atoms with Crippen LogP contribution in [0.15, 0.2) is 84.9 Å². The quantitative estimate of drug-likeness (QED) is 0.293. The fourth-order valence-corrected chi connectivity index (χ4v) is 4.85. The van der Waals surface area contributed by atoms with E-state index in [1.807, 2.05) is 49.4 Å². The Morgan fingerprint density at radius 3 is 1.66 bits per heavy atom.